The number of carbonyl (C=O) groups excluding carboxylic acids is 2. The molecule has 1 aromatic carbocycles. The summed E-state index contributed by atoms with van der Waals surface area (Å²) in [6.07, 6.45) is 2.87. The van der Waals surface area contributed by atoms with Crippen LogP contribution in [0, 0.1) is 5.92 Å². The van der Waals surface area contributed by atoms with Crippen molar-refractivity contribution in [2.75, 3.05) is 33.3 Å². The summed E-state index contributed by atoms with van der Waals surface area (Å²) in [7, 11) is 1.56. The molecule has 0 bridgehead atoms. The van der Waals surface area contributed by atoms with Crippen molar-refractivity contribution in [3.8, 4) is 5.75 Å². The van der Waals surface area contributed by atoms with Crippen LogP contribution < -0.4 is 4.74 Å². The molecule has 0 spiro atoms. The van der Waals surface area contributed by atoms with Gasteiger partial charge in [0.15, 0.2) is 0 Å². The zero-order chi connectivity index (χ0) is 19.1. The Morgan fingerprint density at radius 1 is 1.35 bits per heavy atom. The molecule has 1 fully saturated rings. The van der Waals surface area contributed by atoms with E-state index in [2.05, 4.69) is 6.58 Å². The maximum absolute atomic E-state index is 12.5. The minimum absolute atomic E-state index is 0.0834. The topological polar surface area (TPSA) is 87.2 Å². The van der Waals surface area contributed by atoms with Crippen molar-refractivity contribution in [2.45, 2.75) is 12.8 Å². The first-order valence-corrected chi connectivity index (χ1v) is 8.52. The van der Waals surface area contributed by atoms with Gasteiger partial charge >= 0.3 is 5.97 Å². The van der Waals surface area contributed by atoms with E-state index in [0.717, 1.165) is 0 Å². The Labute approximate surface area is 152 Å². The standard InChI is InChI=1S/C19H24N2O5/c1-3-11-26-16-8-6-14(7-9-16)18(23)20(2)13-17(22)21-10-4-5-15(12-21)19(24)25/h3,6-9,15H,1,4-5,10-13H2,2H3,(H,24,25). The number of nitrogens with zero attached hydrogens (tertiary/aromatic N) is 2. The molecule has 1 aliphatic heterocycles. The van der Waals surface area contributed by atoms with Crippen molar-refractivity contribution in [1.29, 1.82) is 0 Å². The van der Waals surface area contributed by atoms with E-state index in [1.54, 1.807) is 37.4 Å². The molecule has 1 heterocycles. The Morgan fingerprint density at radius 2 is 2.04 bits per heavy atom. The first-order chi connectivity index (χ1) is 12.4. The second-order valence-corrected chi connectivity index (χ2v) is 6.30. The lowest BCUT2D eigenvalue weighted by molar-refractivity contribution is -0.145. The van der Waals surface area contributed by atoms with Crippen molar-refractivity contribution in [3.63, 3.8) is 0 Å². The van der Waals surface area contributed by atoms with Gasteiger partial charge in [0.05, 0.1) is 12.5 Å². The number of carbonyl (C=O) groups is 3. The Kier molecular flexibility index (Phi) is 6.77. The van der Waals surface area contributed by atoms with E-state index in [1.807, 2.05) is 0 Å². The van der Waals surface area contributed by atoms with E-state index in [0.29, 0.717) is 37.3 Å². The Morgan fingerprint density at radius 3 is 2.65 bits per heavy atom. The fourth-order valence-electron chi connectivity index (χ4n) is 2.85. The number of hydrogen-bond donors (Lipinski definition) is 1. The minimum Gasteiger partial charge on any atom is -0.490 e. The lowest BCUT2D eigenvalue weighted by Crippen LogP contribution is -2.46. The van der Waals surface area contributed by atoms with Crippen LogP contribution in [0.5, 0.6) is 5.75 Å². The van der Waals surface area contributed by atoms with Crippen molar-refractivity contribution in [3.05, 3.63) is 42.5 Å². The highest BCUT2D eigenvalue weighted by Crippen LogP contribution is 2.17. The molecule has 7 nitrogen and oxygen atoms in total. The fourth-order valence-corrected chi connectivity index (χ4v) is 2.85. The molecule has 0 aromatic heterocycles. The second kappa shape index (κ2) is 9.03. The van der Waals surface area contributed by atoms with Gasteiger partial charge < -0.3 is 19.6 Å². The van der Waals surface area contributed by atoms with Crippen LogP contribution in [0.3, 0.4) is 0 Å². The molecule has 2 amide bonds. The average molecular weight is 360 g/mol. The van der Waals surface area contributed by atoms with Crippen LogP contribution in [0.4, 0.5) is 0 Å². The number of piperidine rings is 1. The smallest absolute Gasteiger partial charge is 0.308 e. The fraction of sp³-hybridized carbons (Fsp3) is 0.421. The first kappa shape index (κ1) is 19.5. The van der Waals surface area contributed by atoms with E-state index in [4.69, 9.17) is 9.84 Å². The molecule has 1 unspecified atom stereocenters. The number of likely N-dealkylation sites (tertiary alicyclic amines) is 1. The summed E-state index contributed by atoms with van der Waals surface area (Å²) in [6.45, 7) is 4.60. The van der Waals surface area contributed by atoms with E-state index in [9.17, 15) is 14.4 Å². The zero-order valence-electron chi connectivity index (χ0n) is 14.9. The van der Waals surface area contributed by atoms with E-state index >= 15 is 0 Å². The maximum Gasteiger partial charge on any atom is 0.308 e. The lowest BCUT2D eigenvalue weighted by Gasteiger charge is -2.32. The van der Waals surface area contributed by atoms with Crippen LogP contribution in [0.2, 0.25) is 0 Å². The summed E-state index contributed by atoms with van der Waals surface area (Å²) < 4.78 is 5.37. The predicted molar refractivity (Wildman–Crippen MR) is 96.0 cm³/mol. The summed E-state index contributed by atoms with van der Waals surface area (Å²) in [4.78, 5) is 38.8. The normalized spacial score (nSPS) is 16.7. The van der Waals surface area contributed by atoms with Gasteiger partial charge in [-0.25, -0.2) is 0 Å². The van der Waals surface area contributed by atoms with Crippen molar-refractivity contribution < 1.29 is 24.2 Å². The summed E-state index contributed by atoms with van der Waals surface area (Å²) in [6, 6.07) is 6.66. The largest absolute Gasteiger partial charge is 0.490 e. The van der Waals surface area contributed by atoms with Gasteiger partial charge in [-0.3, -0.25) is 14.4 Å². The highest BCUT2D eigenvalue weighted by atomic mass is 16.5. The maximum atomic E-state index is 12.5. The number of rotatable bonds is 7. The number of benzene rings is 1. The molecule has 1 aliphatic rings. The molecule has 7 heteroatoms. The van der Waals surface area contributed by atoms with Crippen LogP contribution in [0.1, 0.15) is 23.2 Å². The number of likely N-dealkylation sites (N-methyl/N-ethyl adjacent to an activating group) is 1. The molecule has 0 radical (unpaired) electrons. The van der Waals surface area contributed by atoms with Gasteiger partial charge in [0.1, 0.15) is 12.4 Å². The summed E-state index contributed by atoms with van der Waals surface area (Å²) in [5.41, 5.74) is 0.452. The molecular formula is C19H24N2O5. The van der Waals surface area contributed by atoms with Crippen LogP contribution in [-0.4, -0.2) is 66.0 Å². The molecule has 0 saturated carbocycles. The van der Waals surface area contributed by atoms with E-state index in [1.165, 1.54) is 9.80 Å². The van der Waals surface area contributed by atoms with Crippen molar-refractivity contribution in [1.82, 2.24) is 9.80 Å². The SMILES string of the molecule is C=CCOc1ccc(C(=O)N(C)CC(=O)N2CCCC(C(=O)O)C2)cc1. The monoisotopic (exact) mass is 360 g/mol. The van der Waals surface area contributed by atoms with Gasteiger partial charge in [-0.05, 0) is 37.1 Å². The number of carboxylic acids is 1. The molecule has 1 N–H and O–H groups in total. The van der Waals surface area contributed by atoms with E-state index in [-0.39, 0.29) is 24.9 Å². The van der Waals surface area contributed by atoms with Gasteiger partial charge in [0.25, 0.3) is 5.91 Å². The summed E-state index contributed by atoms with van der Waals surface area (Å²) in [5.74, 6) is -1.30. The summed E-state index contributed by atoms with van der Waals surface area (Å²) >= 11 is 0. The van der Waals surface area contributed by atoms with Crippen molar-refractivity contribution >= 4 is 17.8 Å². The number of ether oxygens (including phenoxy) is 1. The van der Waals surface area contributed by atoms with Crippen LogP contribution >= 0.6 is 0 Å². The molecule has 1 saturated heterocycles. The van der Waals surface area contributed by atoms with Crippen LogP contribution in [-0.2, 0) is 9.59 Å². The first-order valence-electron chi connectivity index (χ1n) is 8.52. The van der Waals surface area contributed by atoms with Crippen LogP contribution in [0.15, 0.2) is 36.9 Å². The molecule has 1 atom stereocenters. The van der Waals surface area contributed by atoms with Crippen molar-refractivity contribution in [2.24, 2.45) is 5.92 Å². The van der Waals surface area contributed by atoms with Gasteiger partial charge in [-0.1, -0.05) is 12.7 Å². The minimum atomic E-state index is -0.884. The van der Waals surface area contributed by atoms with Gasteiger partial charge in [-0.15, -0.1) is 0 Å². The molecule has 0 aliphatic carbocycles. The predicted octanol–water partition coefficient (Wildman–Crippen LogP) is 1.65. The molecule has 140 valence electrons. The quantitative estimate of drug-likeness (QED) is 0.747. The lowest BCUT2D eigenvalue weighted by atomic mass is 9.98. The third kappa shape index (κ3) is 5.08. The average Bonchev–Trinajstić information content (AvgIpc) is 2.66. The highest BCUT2D eigenvalue weighted by molar-refractivity contribution is 5.96. The van der Waals surface area contributed by atoms with Gasteiger partial charge in [0.2, 0.25) is 5.91 Å². The second-order valence-electron chi connectivity index (χ2n) is 6.30. The molecule has 1 aromatic rings. The highest BCUT2D eigenvalue weighted by Gasteiger charge is 2.29. The Balaban J connectivity index is 1.92. The Bertz CT molecular complexity index is 671. The molecule has 26 heavy (non-hydrogen) atoms. The number of carboxylic acid groups (broad SMARTS) is 1. The van der Waals surface area contributed by atoms with Crippen LogP contribution in [0.25, 0.3) is 0 Å². The number of hydrogen-bond acceptors (Lipinski definition) is 4. The third-order valence-corrected chi connectivity index (χ3v) is 4.31. The zero-order valence-corrected chi connectivity index (χ0v) is 14.9. The summed E-state index contributed by atoms with van der Waals surface area (Å²) in [5, 5.41) is 9.11. The number of amides is 2. The van der Waals surface area contributed by atoms with Gasteiger partial charge in [-0.2, -0.15) is 0 Å². The number of aliphatic carboxylic acids is 1. The Hall–Kier alpha value is -2.83. The third-order valence-electron chi connectivity index (χ3n) is 4.31. The van der Waals surface area contributed by atoms with Gasteiger partial charge in [0, 0.05) is 25.7 Å². The molecule has 2 rings (SSSR count). The van der Waals surface area contributed by atoms with E-state index < -0.39 is 11.9 Å². The molecular weight excluding hydrogens is 336 g/mol.